The maximum Gasteiger partial charge on any atom is 0.255 e. The predicted molar refractivity (Wildman–Crippen MR) is 80.4 cm³/mol. The normalized spacial score (nSPS) is 12.2. The summed E-state index contributed by atoms with van der Waals surface area (Å²) in [5, 5.41) is 2.78. The third-order valence-corrected chi connectivity index (χ3v) is 3.36. The summed E-state index contributed by atoms with van der Waals surface area (Å²) < 4.78 is 23.8. The van der Waals surface area contributed by atoms with E-state index in [4.69, 9.17) is 9.15 Å². The molecule has 1 N–H and O–H groups in total. The van der Waals surface area contributed by atoms with Crippen LogP contribution in [0.5, 0.6) is 5.75 Å². The molecule has 5 nitrogen and oxygen atoms in total. The van der Waals surface area contributed by atoms with Gasteiger partial charge in [0.25, 0.3) is 5.91 Å². The number of halogens is 1. The molecule has 2 rings (SSSR count). The van der Waals surface area contributed by atoms with Crippen LogP contribution in [0.4, 0.5) is 4.39 Å². The van der Waals surface area contributed by atoms with E-state index in [-0.39, 0.29) is 11.6 Å². The Morgan fingerprint density at radius 3 is 2.77 bits per heavy atom. The summed E-state index contributed by atoms with van der Waals surface area (Å²) in [4.78, 5) is 14.2. The third-order valence-electron chi connectivity index (χ3n) is 3.36. The van der Waals surface area contributed by atoms with Crippen molar-refractivity contribution < 1.29 is 18.3 Å². The molecule has 0 bridgehead atoms. The topological polar surface area (TPSA) is 54.7 Å². The summed E-state index contributed by atoms with van der Waals surface area (Å²) in [6.45, 7) is 0.332. The molecule has 0 aliphatic carbocycles. The summed E-state index contributed by atoms with van der Waals surface area (Å²) in [6, 6.07) is 7.37. The van der Waals surface area contributed by atoms with Crippen LogP contribution in [0, 0.1) is 5.82 Å². The van der Waals surface area contributed by atoms with Crippen LogP contribution in [0.2, 0.25) is 0 Å². The molecular weight excluding hydrogens is 287 g/mol. The molecule has 1 aromatic carbocycles. The standard InChI is InChI=1S/C16H19FN2O3/c1-19(2)13(15-5-4-8-22-15)10-18-16(20)12-9-11(17)6-7-14(12)21-3/h4-9,13H,10H2,1-3H3,(H,18,20). The highest BCUT2D eigenvalue weighted by Crippen LogP contribution is 2.21. The quantitative estimate of drug-likeness (QED) is 0.891. The summed E-state index contributed by atoms with van der Waals surface area (Å²) in [5.41, 5.74) is 0.166. The van der Waals surface area contributed by atoms with Gasteiger partial charge in [0, 0.05) is 6.54 Å². The first-order valence-corrected chi connectivity index (χ1v) is 6.84. The van der Waals surface area contributed by atoms with Gasteiger partial charge in [-0.2, -0.15) is 0 Å². The van der Waals surface area contributed by atoms with Crippen molar-refractivity contribution in [3.05, 3.63) is 53.7 Å². The molecule has 0 radical (unpaired) electrons. The average molecular weight is 306 g/mol. The smallest absolute Gasteiger partial charge is 0.255 e. The van der Waals surface area contributed by atoms with Crippen LogP contribution in [0.3, 0.4) is 0 Å². The fourth-order valence-electron chi connectivity index (χ4n) is 2.16. The zero-order valence-corrected chi connectivity index (χ0v) is 12.8. The van der Waals surface area contributed by atoms with Gasteiger partial charge in [0.1, 0.15) is 17.3 Å². The second-order valence-electron chi connectivity index (χ2n) is 5.05. The molecule has 1 amide bonds. The number of hydrogen-bond donors (Lipinski definition) is 1. The van der Waals surface area contributed by atoms with Gasteiger partial charge in [-0.15, -0.1) is 0 Å². The fourth-order valence-corrected chi connectivity index (χ4v) is 2.16. The van der Waals surface area contributed by atoms with Gasteiger partial charge in [0.05, 0.1) is 25.0 Å². The van der Waals surface area contributed by atoms with E-state index in [1.54, 1.807) is 12.3 Å². The van der Waals surface area contributed by atoms with E-state index in [1.807, 2.05) is 25.1 Å². The summed E-state index contributed by atoms with van der Waals surface area (Å²) in [6.07, 6.45) is 1.59. The number of nitrogens with zero attached hydrogens (tertiary/aromatic N) is 1. The molecule has 0 aliphatic rings. The molecule has 0 saturated carbocycles. The number of carbonyl (C=O) groups excluding carboxylic acids is 1. The van der Waals surface area contributed by atoms with Crippen molar-refractivity contribution in [1.82, 2.24) is 10.2 Å². The molecule has 118 valence electrons. The van der Waals surface area contributed by atoms with Gasteiger partial charge in [-0.25, -0.2) is 4.39 Å². The van der Waals surface area contributed by atoms with E-state index in [9.17, 15) is 9.18 Å². The van der Waals surface area contributed by atoms with Crippen LogP contribution in [0.25, 0.3) is 0 Å². The molecule has 0 spiro atoms. The monoisotopic (exact) mass is 306 g/mol. The number of furan rings is 1. The number of rotatable bonds is 6. The Labute approximate surface area is 128 Å². The SMILES string of the molecule is COc1ccc(F)cc1C(=O)NCC(c1ccco1)N(C)C. The van der Waals surface area contributed by atoms with E-state index >= 15 is 0 Å². The van der Waals surface area contributed by atoms with E-state index in [0.717, 1.165) is 11.8 Å². The molecular formula is C16H19FN2O3. The lowest BCUT2D eigenvalue weighted by atomic mass is 10.1. The Morgan fingerprint density at radius 1 is 1.41 bits per heavy atom. The number of nitrogens with one attached hydrogen (secondary N) is 1. The molecule has 0 fully saturated rings. The van der Waals surface area contributed by atoms with Crippen LogP contribution < -0.4 is 10.1 Å². The van der Waals surface area contributed by atoms with E-state index in [0.29, 0.717) is 12.3 Å². The Bertz CT molecular complexity index is 626. The van der Waals surface area contributed by atoms with Crippen molar-refractivity contribution in [2.45, 2.75) is 6.04 Å². The lowest BCUT2D eigenvalue weighted by Gasteiger charge is -2.22. The van der Waals surface area contributed by atoms with Gasteiger partial charge in [-0.3, -0.25) is 9.69 Å². The number of methoxy groups -OCH3 is 1. The number of ether oxygens (including phenoxy) is 1. The zero-order valence-electron chi connectivity index (χ0n) is 12.8. The summed E-state index contributed by atoms with van der Waals surface area (Å²) in [5.74, 6) is 0.200. The molecule has 0 saturated heterocycles. The van der Waals surface area contributed by atoms with Crippen LogP contribution in [-0.2, 0) is 0 Å². The first-order chi connectivity index (χ1) is 10.5. The van der Waals surface area contributed by atoms with Crippen molar-refractivity contribution in [3.8, 4) is 5.75 Å². The lowest BCUT2D eigenvalue weighted by Crippen LogP contribution is -2.34. The van der Waals surface area contributed by atoms with Gasteiger partial charge in [0.2, 0.25) is 0 Å². The van der Waals surface area contributed by atoms with Crippen LogP contribution in [-0.4, -0.2) is 38.6 Å². The van der Waals surface area contributed by atoms with Crippen molar-refractivity contribution in [2.75, 3.05) is 27.7 Å². The molecule has 1 atom stereocenters. The van der Waals surface area contributed by atoms with Crippen LogP contribution in [0.1, 0.15) is 22.2 Å². The maximum absolute atomic E-state index is 13.3. The number of hydrogen-bond acceptors (Lipinski definition) is 4. The molecule has 1 aromatic heterocycles. The second kappa shape index (κ2) is 7.09. The maximum atomic E-state index is 13.3. The molecule has 1 unspecified atom stereocenters. The van der Waals surface area contributed by atoms with Gasteiger partial charge < -0.3 is 14.5 Å². The number of amides is 1. The Morgan fingerprint density at radius 2 is 2.18 bits per heavy atom. The number of carbonyl (C=O) groups is 1. The summed E-state index contributed by atoms with van der Waals surface area (Å²) >= 11 is 0. The van der Waals surface area contributed by atoms with Gasteiger partial charge in [-0.05, 0) is 44.4 Å². The number of likely N-dealkylation sites (N-methyl/N-ethyl adjacent to an activating group) is 1. The third kappa shape index (κ3) is 3.65. The van der Waals surface area contributed by atoms with Crippen molar-refractivity contribution >= 4 is 5.91 Å². The highest BCUT2D eigenvalue weighted by atomic mass is 19.1. The zero-order chi connectivity index (χ0) is 16.1. The average Bonchev–Trinajstić information content (AvgIpc) is 3.01. The predicted octanol–water partition coefficient (Wildman–Crippen LogP) is 2.46. The minimum atomic E-state index is -0.485. The van der Waals surface area contributed by atoms with Crippen molar-refractivity contribution in [2.24, 2.45) is 0 Å². The Balaban J connectivity index is 2.10. The minimum Gasteiger partial charge on any atom is -0.496 e. The molecule has 0 aliphatic heterocycles. The molecule has 1 heterocycles. The Kier molecular flexibility index (Phi) is 5.16. The first-order valence-electron chi connectivity index (χ1n) is 6.84. The first kappa shape index (κ1) is 16.0. The van der Waals surface area contributed by atoms with Crippen LogP contribution >= 0.6 is 0 Å². The summed E-state index contributed by atoms with van der Waals surface area (Å²) in [7, 11) is 5.22. The number of benzene rings is 1. The molecule has 6 heteroatoms. The van der Waals surface area contributed by atoms with Crippen molar-refractivity contribution in [3.63, 3.8) is 0 Å². The molecule has 2 aromatic rings. The largest absolute Gasteiger partial charge is 0.496 e. The van der Waals surface area contributed by atoms with Gasteiger partial charge in [-0.1, -0.05) is 0 Å². The minimum absolute atomic E-state index is 0.112. The van der Waals surface area contributed by atoms with Gasteiger partial charge in [0.15, 0.2) is 0 Å². The lowest BCUT2D eigenvalue weighted by molar-refractivity contribution is 0.0935. The highest BCUT2D eigenvalue weighted by Gasteiger charge is 2.20. The van der Waals surface area contributed by atoms with Gasteiger partial charge >= 0.3 is 0 Å². The van der Waals surface area contributed by atoms with Crippen LogP contribution in [0.15, 0.2) is 41.0 Å². The van der Waals surface area contributed by atoms with E-state index < -0.39 is 11.7 Å². The van der Waals surface area contributed by atoms with E-state index in [1.165, 1.54) is 19.2 Å². The highest BCUT2D eigenvalue weighted by molar-refractivity contribution is 5.96. The van der Waals surface area contributed by atoms with Crippen molar-refractivity contribution in [1.29, 1.82) is 0 Å². The fraction of sp³-hybridized carbons (Fsp3) is 0.312. The second-order valence-corrected chi connectivity index (χ2v) is 5.05. The Hall–Kier alpha value is -2.34. The molecule has 22 heavy (non-hydrogen) atoms. The van der Waals surface area contributed by atoms with E-state index in [2.05, 4.69) is 5.32 Å².